The number of rotatable bonds is 1. The summed E-state index contributed by atoms with van der Waals surface area (Å²) in [6.07, 6.45) is 0. The van der Waals surface area contributed by atoms with Crippen molar-refractivity contribution < 1.29 is 8.78 Å². The van der Waals surface area contributed by atoms with Gasteiger partial charge in [-0.3, -0.25) is 0 Å². The van der Waals surface area contributed by atoms with E-state index in [0.29, 0.717) is 5.56 Å². The van der Waals surface area contributed by atoms with E-state index in [4.69, 9.17) is 11.6 Å². The third kappa shape index (κ3) is 1.67. The minimum Gasteiger partial charge on any atom is -0.210 e. The monoisotopic (exact) mass is 228 g/mol. The first-order valence-corrected chi connectivity index (χ1v) is 4.33. The molecule has 2 aromatic rings. The molecule has 2 heterocycles. The van der Waals surface area contributed by atoms with Crippen LogP contribution >= 0.6 is 11.6 Å². The van der Waals surface area contributed by atoms with Gasteiger partial charge in [0.1, 0.15) is 0 Å². The Morgan fingerprint density at radius 3 is 2.73 bits per heavy atom. The minimum atomic E-state index is -3.59. The van der Waals surface area contributed by atoms with Crippen molar-refractivity contribution in [3.8, 4) is 0 Å². The van der Waals surface area contributed by atoms with E-state index < -0.39 is 11.6 Å². The molecule has 0 saturated heterocycles. The zero-order chi connectivity index (χ0) is 11.2. The first kappa shape index (κ1) is 10.3. The maximum Gasteiger partial charge on any atom is 0.258 e. The van der Waals surface area contributed by atoms with E-state index >= 15 is 0 Å². The fourth-order valence-electron chi connectivity index (χ4n) is 1.11. The van der Waals surface area contributed by atoms with Crippen LogP contribution in [-0.4, -0.2) is 27.7 Å². The van der Waals surface area contributed by atoms with Crippen molar-refractivity contribution in [3.05, 3.63) is 22.6 Å². The largest absolute Gasteiger partial charge is 0.258 e. The van der Waals surface area contributed by atoms with E-state index in [1.165, 1.54) is 6.07 Å². The molecule has 4 nitrogen and oxygen atoms in total. The Morgan fingerprint density at radius 1 is 1.47 bits per heavy atom. The summed E-state index contributed by atoms with van der Waals surface area (Å²) in [6.45, 7) is 1.68. The van der Waals surface area contributed by atoms with Gasteiger partial charge < -0.3 is 0 Å². The summed E-state index contributed by atoms with van der Waals surface area (Å²) < 4.78 is 26.5. The lowest BCUT2D eigenvalue weighted by molar-refractivity contribution is 0.0810. The van der Waals surface area contributed by atoms with E-state index in [2.05, 4.69) is 23.1 Å². The molecule has 0 aliphatic heterocycles. The van der Waals surface area contributed by atoms with Gasteiger partial charge in [0, 0.05) is 0 Å². The van der Waals surface area contributed by atoms with Gasteiger partial charge >= 0.3 is 0 Å². The van der Waals surface area contributed by atoms with Crippen molar-refractivity contribution in [3.63, 3.8) is 0 Å². The molecule has 15 heavy (non-hydrogen) atoms. The number of alkyl halides is 2. The highest BCUT2D eigenvalue weighted by atomic mass is 35.5. The summed E-state index contributed by atoms with van der Waals surface area (Å²) in [7, 11) is 4.62. The molecule has 8 heteroatoms. The number of nitrogens with zero attached hydrogens (tertiary/aromatic N) is 4. The average Bonchev–Trinajstić information content (AvgIpc) is 2.47. The van der Waals surface area contributed by atoms with Crippen molar-refractivity contribution in [2.75, 3.05) is 0 Å². The number of hydrogen-bond donors (Lipinski definition) is 0. The molecular weight excluding hydrogens is 224 g/mol. The van der Waals surface area contributed by atoms with Crippen LogP contribution in [0.15, 0.2) is 6.07 Å². The Morgan fingerprint density at radius 2 is 2.13 bits per heavy atom. The molecule has 0 saturated carbocycles. The molecule has 76 valence electrons. The lowest BCUT2D eigenvalue weighted by Gasteiger charge is -2.07. The highest BCUT2D eigenvalue weighted by Gasteiger charge is 2.30. The van der Waals surface area contributed by atoms with Crippen LogP contribution in [0.5, 0.6) is 0 Å². The fraction of sp³-hybridized carbons (Fsp3) is 0.286. The van der Waals surface area contributed by atoms with Gasteiger partial charge in [-0.1, -0.05) is 11.6 Å². The predicted molar refractivity (Wildman–Crippen MR) is 50.2 cm³/mol. The molecule has 2 rings (SSSR count). The van der Waals surface area contributed by atoms with Gasteiger partial charge in [0.2, 0.25) is 5.82 Å². The van der Waals surface area contributed by atoms with Gasteiger partial charge in [-0.25, -0.2) is 8.78 Å². The zero-order valence-electron chi connectivity index (χ0n) is 7.58. The number of halogens is 3. The first-order valence-electron chi connectivity index (χ1n) is 3.95. The van der Waals surface area contributed by atoms with Gasteiger partial charge in [0.25, 0.3) is 5.82 Å². The smallest absolute Gasteiger partial charge is 0.210 e. The highest BCUT2D eigenvalue weighted by molar-refractivity contribution is 6.30. The zero-order valence-corrected chi connectivity index (χ0v) is 8.33. The second-order valence-electron chi connectivity index (χ2n) is 3.03. The number of fused-ring (bicyclic) bond motifs is 1. The first-order chi connectivity index (χ1) is 6.89. The Kier molecular flexibility index (Phi) is 2.15. The van der Waals surface area contributed by atoms with E-state index in [0.717, 1.165) is 4.52 Å². The van der Waals surface area contributed by atoms with Crippen LogP contribution in [-0.2, 0) is 5.82 Å². The number of hydrogen-bond acceptors (Lipinski definition) is 3. The molecular formula is C7H4BClF2N4. The second-order valence-corrected chi connectivity index (χ2v) is 3.39. The van der Waals surface area contributed by atoms with Gasteiger partial charge in [-0.05, 0) is 18.6 Å². The lowest BCUT2D eigenvalue weighted by Crippen LogP contribution is -2.18. The molecule has 2 aromatic heterocycles. The van der Waals surface area contributed by atoms with E-state index in [1.54, 1.807) is 6.92 Å². The maximum atomic E-state index is 12.8. The lowest BCUT2D eigenvalue weighted by atomic mass is 9.98. The quantitative estimate of drug-likeness (QED) is 0.691. The third-order valence-corrected chi connectivity index (χ3v) is 2.20. The SMILES string of the molecule is [B]C(F)(F)c1nnc2cc(C)c(Cl)nn12. The highest BCUT2D eigenvalue weighted by Crippen LogP contribution is 2.23. The van der Waals surface area contributed by atoms with Crippen LogP contribution in [0.1, 0.15) is 11.4 Å². The molecule has 0 fully saturated rings. The standard InChI is InChI=1S/C7H4BClF2N4/c1-3-2-4-12-13-6(7(8,10)11)15(4)14-5(3)9/h2H,1H3. The van der Waals surface area contributed by atoms with Crippen molar-refractivity contribution in [2.24, 2.45) is 0 Å². The minimum absolute atomic E-state index is 0.104. The molecule has 0 amide bonds. The topological polar surface area (TPSA) is 43.1 Å². The molecule has 0 spiro atoms. The Hall–Kier alpha value is -1.24. The van der Waals surface area contributed by atoms with Crippen LogP contribution in [0.25, 0.3) is 5.65 Å². The summed E-state index contributed by atoms with van der Waals surface area (Å²) in [6, 6.07) is 1.50. The van der Waals surface area contributed by atoms with Crippen LogP contribution in [0, 0.1) is 6.92 Å². The van der Waals surface area contributed by atoms with Crippen molar-refractivity contribution in [1.82, 2.24) is 19.8 Å². The van der Waals surface area contributed by atoms with Crippen molar-refractivity contribution >= 4 is 25.1 Å². The molecule has 0 N–H and O–H groups in total. The van der Waals surface area contributed by atoms with Gasteiger partial charge in [-0.2, -0.15) is 9.61 Å². The van der Waals surface area contributed by atoms with E-state index in [-0.39, 0.29) is 10.8 Å². The van der Waals surface area contributed by atoms with Gasteiger partial charge in [0.15, 0.2) is 18.6 Å². The fourth-order valence-corrected chi connectivity index (χ4v) is 1.24. The second kappa shape index (κ2) is 3.13. The molecule has 0 aliphatic carbocycles. The van der Waals surface area contributed by atoms with Gasteiger partial charge in [-0.15, -0.1) is 10.2 Å². The van der Waals surface area contributed by atoms with Crippen molar-refractivity contribution in [1.29, 1.82) is 0 Å². The summed E-state index contributed by atoms with van der Waals surface area (Å²) in [4.78, 5) is 0. The average molecular weight is 228 g/mol. The Bertz CT molecular complexity index is 521. The molecule has 0 atom stereocenters. The van der Waals surface area contributed by atoms with Crippen LogP contribution in [0.2, 0.25) is 5.15 Å². The van der Waals surface area contributed by atoms with Crippen LogP contribution in [0.3, 0.4) is 0 Å². The van der Waals surface area contributed by atoms with Crippen LogP contribution < -0.4 is 0 Å². The molecule has 2 radical (unpaired) electrons. The number of aromatic nitrogens is 4. The molecule has 0 aromatic carbocycles. The van der Waals surface area contributed by atoms with Crippen LogP contribution in [0.4, 0.5) is 8.78 Å². The number of aryl methyl sites for hydroxylation is 1. The summed E-state index contributed by atoms with van der Waals surface area (Å²) in [5.41, 5.74) is 0.806. The summed E-state index contributed by atoms with van der Waals surface area (Å²) >= 11 is 5.69. The summed E-state index contributed by atoms with van der Waals surface area (Å²) in [5.74, 6) is -4.33. The molecule has 0 bridgehead atoms. The van der Waals surface area contributed by atoms with Gasteiger partial charge in [0.05, 0.1) is 0 Å². The third-order valence-electron chi connectivity index (χ3n) is 1.82. The predicted octanol–water partition coefficient (Wildman–Crippen LogP) is 1.30. The molecule has 0 unspecified atom stereocenters. The summed E-state index contributed by atoms with van der Waals surface area (Å²) in [5, 5.41) is 10.6. The van der Waals surface area contributed by atoms with E-state index in [1.807, 2.05) is 0 Å². The Labute approximate surface area is 89.7 Å². The van der Waals surface area contributed by atoms with Crippen molar-refractivity contribution in [2.45, 2.75) is 12.7 Å². The maximum absolute atomic E-state index is 12.8. The Balaban J connectivity index is 2.75. The normalized spacial score (nSPS) is 12.3. The molecule has 0 aliphatic rings. The van der Waals surface area contributed by atoms with E-state index in [9.17, 15) is 8.78 Å².